The summed E-state index contributed by atoms with van der Waals surface area (Å²) in [7, 11) is 4.97. The quantitative estimate of drug-likeness (QED) is 0.643. The monoisotopic (exact) mass is 369 g/mol. The highest BCUT2D eigenvalue weighted by Gasteiger charge is 2.13. The Balaban J connectivity index is 2.27. The zero-order valence-electron chi connectivity index (χ0n) is 16.4. The van der Waals surface area contributed by atoms with Gasteiger partial charge < -0.3 is 19.1 Å². The molecule has 0 bridgehead atoms. The predicted octanol–water partition coefficient (Wildman–Crippen LogP) is 4.51. The van der Waals surface area contributed by atoms with Crippen LogP contribution in [0.2, 0.25) is 0 Å². The van der Waals surface area contributed by atoms with Crippen molar-refractivity contribution in [1.82, 2.24) is 4.90 Å². The fraction of sp³-hybridized carbons (Fsp3) is 0.318. The fourth-order valence-electron chi connectivity index (χ4n) is 2.67. The number of methoxy groups -OCH3 is 2. The zero-order chi connectivity index (χ0) is 19.6. The van der Waals surface area contributed by atoms with Crippen molar-refractivity contribution in [3.05, 3.63) is 59.2 Å². The van der Waals surface area contributed by atoms with Gasteiger partial charge in [0.05, 0.1) is 20.8 Å². The maximum atomic E-state index is 11.8. The largest absolute Gasteiger partial charge is 0.493 e. The number of amides is 1. The molecule has 144 valence electrons. The average molecular weight is 369 g/mol. The topological polar surface area (TPSA) is 48.0 Å². The first-order valence-electron chi connectivity index (χ1n) is 8.95. The molecule has 5 heteroatoms. The van der Waals surface area contributed by atoms with Gasteiger partial charge in [0.15, 0.2) is 11.5 Å². The van der Waals surface area contributed by atoms with Crippen molar-refractivity contribution >= 4 is 18.2 Å². The molecule has 2 aromatic carbocycles. The third-order valence-corrected chi connectivity index (χ3v) is 4.20. The molecule has 5 nitrogen and oxygen atoms in total. The predicted molar refractivity (Wildman–Crippen MR) is 108 cm³/mol. The van der Waals surface area contributed by atoms with Gasteiger partial charge in [0.2, 0.25) is 0 Å². The molecule has 0 N–H and O–H groups in total. The first-order valence-corrected chi connectivity index (χ1v) is 8.95. The van der Waals surface area contributed by atoms with Crippen LogP contribution in [0.15, 0.2) is 42.5 Å². The lowest BCUT2D eigenvalue weighted by atomic mass is 10.0. The summed E-state index contributed by atoms with van der Waals surface area (Å²) in [5, 5.41) is 0. The Hall–Kier alpha value is -2.95. The molecule has 0 fully saturated rings. The maximum Gasteiger partial charge on any atom is 0.409 e. The molecule has 0 heterocycles. The number of benzene rings is 2. The maximum absolute atomic E-state index is 11.8. The normalized spacial score (nSPS) is 10.7. The van der Waals surface area contributed by atoms with Gasteiger partial charge in [-0.25, -0.2) is 4.79 Å². The van der Waals surface area contributed by atoms with E-state index in [0.717, 1.165) is 16.7 Å². The Kier molecular flexibility index (Phi) is 7.74. The lowest BCUT2D eigenvalue weighted by Gasteiger charge is -2.18. The highest BCUT2D eigenvalue weighted by molar-refractivity contribution is 5.73. The zero-order valence-corrected chi connectivity index (χ0v) is 16.4. The number of hydrogen-bond donors (Lipinski definition) is 0. The molecule has 0 spiro atoms. The van der Waals surface area contributed by atoms with E-state index in [1.54, 1.807) is 33.1 Å². The van der Waals surface area contributed by atoms with E-state index in [1.807, 2.05) is 42.5 Å². The van der Waals surface area contributed by atoms with Crippen molar-refractivity contribution in [3.63, 3.8) is 0 Å². The van der Waals surface area contributed by atoms with Crippen molar-refractivity contribution in [2.75, 3.05) is 34.4 Å². The lowest BCUT2D eigenvalue weighted by Crippen LogP contribution is -2.29. The van der Waals surface area contributed by atoms with Crippen LogP contribution in [0.25, 0.3) is 12.2 Å². The Bertz CT molecular complexity index is 771. The summed E-state index contributed by atoms with van der Waals surface area (Å²) in [6.07, 6.45) is 4.46. The molecular formula is C22H27NO4. The second kappa shape index (κ2) is 10.3. The highest BCUT2D eigenvalue weighted by Crippen LogP contribution is 2.32. The summed E-state index contributed by atoms with van der Waals surface area (Å²) in [5.74, 6) is 1.34. The molecule has 0 aliphatic carbocycles. The van der Waals surface area contributed by atoms with Gasteiger partial charge >= 0.3 is 6.09 Å². The van der Waals surface area contributed by atoms with Crippen LogP contribution in [0, 0.1) is 0 Å². The van der Waals surface area contributed by atoms with Crippen LogP contribution in [-0.4, -0.2) is 45.4 Å². The van der Waals surface area contributed by atoms with Crippen LogP contribution in [0.3, 0.4) is 0 Å². The molecular weight excluding hydrogens is 342 g/mol. The number of hydrogen-bond acceptors (Lipinski definition) is 4. The standard InChI is InChI=1S/C22H27NO4/c1-5-27-22(24)23(2)14-13-19-16-21(26-4)20(25-3)15-18(19)12-11-17-9-7-6-8-10-17/h6-12,15-16H,5,13-14H2,1-4H3/b12-11+. The van der Waals surface area contributed by atoms with E-state index in [-0.39, 0.29) is 6.09 Å². The number of carbonyl (C=O) groups is 1. The molecule has 2 rings (SSSR count). The van der Waals surface area contributed by atoms with Crippen molar-refractivity contribution in [2.24, 2.45) is 0 Å². The van der Waals surface area contributed by atoms with Crippen molar-refractivity contribution < 1.29 is 19.0 Å². The number of rotatable bonds is 8. The van der Waals surface area contributed by atoms with Gasteiger partial charge in [-0.3, -0.25) is 0 Å². The molecule has 0 unspecified atom stereocenters. The minimum atomic E-state index is -0.320. The smallest absolute Gasteiger partial charge is 0.409 e. The fourth-order valence-corrected chi connectivity index (χ4v) is 2.67. The molecule has 1 amide bonds. The van der Waals surface area contributed by atoms with Gasteiger partial charge in [-0.05, 0) is 42.2 Å². The van der Waals surface area contributed by atoms with E-state index >= 15 is 0 Å². The Morgan fingerprint density at radius 1 is 1.04 bits per heavy atom. The summed E-state index contributed by atoms with van der Waals surface area (Å²) in [4.78, 5) is 13.4. The summed E-state index contributed by atoms with van der Waals surface area (Å²) in [6.45, 7) is 2.71. The van der Waals surface area contributed by atoms with Crippen LogP contribution < -0.4 is 9.47 Å². The third kappa shape index (κ3) is 5.78. The molecule has 0 aromatic heterocycles. The van der Waals surface area contributed by atoms with E-state index in [4.69, 9.17) is 14.2 Å². The van der Waals surface area contributed by atoms with Crippen LogP contribution in [0.4, 0.5) is 4.79 Å². The number of likely N-dealkylation sites (N-methyl/N-ethyl adjacent to an activating group) is 1. The van der Waals surface area contributed by atoms with Gasteiger partial charge in [0.25, 0.3) is 0 Å². The average Bonchev–Trinajstić information content (AvgIpc) is 2.71. The van der Waals surface area contributed by atoms with Crippen molar-refractivity contribution in [3.8, 4) is 11.5 Å². The van der Waals surface area contributed by atoms with E-state index in [9.17, 15) is 4.79 Å². The molecule has 0 saturated heterocycles. The second-order valence-corrected chi connectivity index (χ2v) is 6.02. The molecule has 0 radical (unpaired) electrons. The molecule has 0 atom stereocenters. The van der Waals surface area contributed by atoms with Crippen LogP contribution in [0.1, 0.15) is 23.6 Å². The lowest BCUT2D eigenvalue weighted by molar-refractivity contribution is 0.116. The Labute approximate surface area is 161 Å². The second-order valence-electron chi connectivity index (χ2n) is 6.02. The summed E-state index contributed by atoms with van der Waals surface area (Å²) >= 11 is 0. The minimum absolute atomic E-state index is 0.320. The van der Waals surface area contributed by atoms with Crippen LogP contribution in [-0.2, 0) is 11.2 Å². The summed E-state index contributed by atoms with van der Waals surface area (Å²) < 4.78 is 15.9. The number of nitrogens with zero attached hydrogens (tertiary/aromatic N) is 1. The van der Waals surface area contributed by atoms with Gasteiger partial charge in [-0.2, -0.15) is 0 Å². The minimum Gasteiger partial charge on any atom is -0.493 e. The SMILES string of the molecule is CCOC(=O)N(C)CCc1cc(OC)c(OC)cc1/C=C/c1ccccc1. The van der Waals surface area contributed by atoms with Gasteiger partial charge in [-0.15, -0.1) is 0 Å². The van der Waals surface area contributed by atoms with E-state index in [2.05, 4.69) is 12.2 Å². The van der Waals surface area contributed by atoms with E-state index < -0.39 is 0 Å². The summed E-state index contributed by atoms with van der Waals surface area (Å²) in [6, 6.07) is 14.0. The van der Waals surface area contributed by atoms with Crippen molar-refractivity contribution in [2.45, 2.75) is 13.3 Å². The first-order chi connectivity index (χ1) is 13.1. The molecule has 0 aliphatic rings. The van der Waals surface area contributed by atoms with Crippen LogP contribution in [0.5, 0.6) is 11.5 Å². The third-order valence-electron chi connectivity index (χ3n) is 4.20. The molecule has 0 saturated carbocycles. The van der Waals surface area contributed by atoms with Gasteiger partial charge in [0.1, 0.15) is 0 Å². The van der Waals surface area contributed by atoms with Crippen LogP contribution >= 0.6 is 0 Å². The van der Waals surface area contributed by atoms with Gasteiger partial charge in [-0.1, -0.05) is 42.5 Å². The van der Waals surface area contributed by atoms with Crippen molar-refractivity contribution in [1.29, 1.82) is 0 Å². The first kappa shape index (κ1) is 20.4. The Morgan fingerprint density at radius 2 is 1.70 bits per heavy atom. The number of carbonyl (C=O) groups excluding carboxylic acids is 1. The van der Waals surface area contributed by atoms with E-state index in [1.165, 1.54) is 0 Å². The molecule has 0 aliphatic heterocycles. The van der Waals surface area contributed by atoms with Gasteiger partial charge in [0, 0.05) is 13.6 Å². The van der Waals surface area contributed by atoms with E-state index in [0.29, 0.717) is 31.1 Å². The molecule has 2 aromatic rings. The molecule has 27 heavy (non-hydrogen) atoms. The Morgan fingerprint density at radius 3 is 2.33 bits per heavy atom. The summed E-state index contributed by atoms with van der Waals surface area (Å²) in [5.41, 5.74) is 3.20. The number of ether oxygens (including phenoxy) is 3. The highest BCUT2D eigenvalue weighted by atomic mass is 16.6.